The summed E-state index contributed by atoms with van der Waals surface area (Å²) in [5.74, 6) is -1.91. The Morgan fingerprint density at radius 1 is 0.267 bits per heavy atom. The van der Waals surface area contributed by atoms with E-state index in [-0.39, 0.29) is 45.7 Å². The molecule has 0 spiro atoms. The van der Waals surface area contributed by atoms with Crippen LogP contribution in [0, 0.1) is 5.41 Å². The Morgan fingerprint density at radius 3 is 0.733 bits per heavy atom. The summed E-state index contributed by atoms with van der Waals surface area (Å²) in [6.45, 7) is 8.01. The number of carbonyl (C=O) groups excluding carboxylic acids is 4. The number of rotatable bonds is 59. The second-order valence-corrected chi connectivity index (χ2v) is 22.2. The molecule has 0 radical (unpaired) electrons. The van der Waals surface area contributed by atoms with Gasteiger partial charge < -0.3 is 18.9 Å². The monoisotopic (exact) mass is 1050 g/mol. The second-order valence-electron chi connectivity index (χ2n) is 22.2. The quantitative estimate of drug-likeness (QED) is 0.0257. The van der Waals surface area contributed by atoms with Crippen molar-refractivity contribution in [3.05, 3.63) is 36.5 Å². The number of esters is 4. The average Bonchev–Trinajstić information content (AvgIpc) is 3.41. The third-order valence-corrected chi connectivity index (χ3v) is 14.6. The highest BCUT2D eigenvalue weighted by atomic mass is 16.6. The third-order valence-electron chi connectivity index (χ3n) is 14.6. The van der Waals surface area contributed by atoms with Crippen LogP contribution in [0.5, 0.6) is 0 Å². The van der Waals surface area contributed by atoms with Crippen LogP contribution < -0.4 is 0 Å². The molecule has 0 N–H and O–H groups in total. The van der Waals surface area contributed by atoms with Crippen LogP contribution in [-0.2, 0) is 38.1 Å². The zero-order valence-electron chi connectivity index (χ0n) is 50.0. The minimum Gasteiger partial charge on any atom is -0.465 e. The van der Waals surface area contributed by atoms with E-state index in [1.54, 1.807) is 0 Å². The van der Waals surface area contributed by atoms with Crippen molar-refractivity contribution in [1.82, 2.24) is 0 Å². The van der Waals surface area contributed by atoms with Crippen LogP contribution in [0.25, 0.3) is 0 Å². The molecule has 0 rings (SSSR count). The Bertz CT molecular complexity index is 1220. The van der Waals surface area contributed by atoms with Crippen molar-refractivity contribution in [3.63, 3.8) is 0 Å². The minimum absolute atomic E-state index is 0.196. The average molecular weight is 1060 g/mol. The highest BCUT2D eigenvalue weighted by molar-refractivity contribution is 5.80. The van der Waals surface area contributed by atoms with E-state index in [2.05, 4.69) is 64.2 Å². The predicted octanol–water partition coefficient (Wildman–Crippen LogP) is 20.6. The van der Waals surface area contributed by atoms with Gasteiger partial charge in [0.1, 0.15) is 19.8 Å². The molecule has 0 aliphatic heterocycles. The molecule has 0 aromatic rings. The molecule has 0 bridgehead atoms. The van der Waals surface area contributed by atoms with E-state index in [0.717, 1.165) is 122 Å². The fourth-order valence-corrected chi connectivity index (χ4v) is 9.39. The summed E-state index contributed by atoms with van der Waals surface area (Å²) in [7, 11) is 0. The van der Waals surface area contributed by atoms with Gasteiger partial charge in [-0.15, -0.1) is 0 Å². The van der Waals surface area contributed by atoms with Crippen LogP contribution in [-0.4, -0.2) is 50.3 Å². The van der Waals surface area contributed by atoms with E-state index < -0.39 is 29.3 Å². The zero-order chi connectivity index (χ0) is 54.7. The Labute approximate surface area is 464 Å². The fraction of sp³-hybridized carbons (Fsp3) is 0.851. The van der Waals surface area contributed by atoms with Gasteiger partial charge in [-0.3, -0.25) is 19.2 Å². The first-order valence-corrected chi connectivity index (χ1v) is 32.4. The molecule has 0 saturated carbocycles. The van der Waals surface area contributed by atoms with Gasteiger partial charge >= 0.3 is 23.9 Å². The fourth-order valence-electron chi connectivity index (χ4n) is 9.39. The van der Waals surface area contributed by atoms with Crippen LogP contribution in [0.2, 0.25) is 0 Å². The van der Waals surface area contributed by atoms with Crippen LogP contribution in [0.3, 0.4) is 0 Å². The van der Waals surface area contributed by atoms with Crippen LogP contribution in [0.4, 0.5) is 0 Å². The molecule has 0 aromatic carbocycles. The molecule has 0 amide bonds. The van der Waals surface area contributed by atoms with E-state index in [1.807, 2.05) is 0 Å². The van der Waals surface area contributed by atoms with Crippen molar-refractivity contribution in [2.24, 2.45) is 5.41 Å². The molecule has 0 heterocycles. The maximum Gasteiger partial charge on any atom is 0.322 e. The second kappa shape index (κ2) is 58.8. The van der Waals surface area contributed by atoms with Crippen LogP contribution >= 0.6 is 0 Å². The topological polar surface area (TPSA) is 105 Å². The first-order valence-electron chi connectivity index (χ1n) is 32.4. The lowest BCUT2D eigenvalue weighted by atomic mass is 9.91. The number of hydrogen-bond donors (Lipinski definition) is 0. The molecule has 0 aliphatic carbocycles. The normalized spacial score (nSPS) is 11.9. The first kappa shape index (κ1) is 72.1. The molecule has 75 heavy (non-hydrogen) atoms. The molecule has 0 aromatic heterocycles. The summed E-state index contributed by atoms with van der Waals surface area (Å²) in [5, 5.41) is 0. The maximum atomic E-state index is 14.2. The van der Waals surface area contributed by atoms with E-state index >= 15 is 0 Å². The molecule has 8 nitrogen and oxygen atoms in total. The Hall–Kier alpha value is -2.90. The third kappa shape index (κ3) is 51.6. The van der Waals surface area contributed by atoms with Crippen molar-refractivity contribution >= 4 is 23.9 Å². The van der Waals surface area contributed by atoms with Crippen molar-refractivity contribution < 1.29 is 38.1 Å². The van der Waals surface area contributed by atoms with Gasteiger partial charge in [0.05, 0.1) is 6.61 Å². The highest BCUT2D eigenvalue weighted by Crippen LogP contribution is 2.25. The summed E-state index contributed by atoms with van der Waals surface area (Å²) in [6.07, 6.45) is 66.3. The number of ether oxygens (including phenoxy) is 4. The lowest BCUT2D eigenvalue weighted by molar-refractivity contribution is -0.179. The van der Waals surface area contributed by atoms with Crippen molar-refractivity contribution in [2.45, 2.75) is 336 Å². The van der Waals surface area contributed by atoms with Gasteiger partial charge in [0.2, 0.25) is 0 Å². The molecule has 0 fully saturated rings. The molecule has 8 heteroatoms. The Morgan fingerprint density at radius 2 is 0.480 bits per heavy atom. The van der Waals surface area contributed by atoms with Gasteiger partial charge in [-0.05, 0) is 103 Å². The Kier molecular flexibility index (Phi) is 56.5. The van der Waals surface area contributed by atoms with Crippen molar-refractivity contribution in [2.75, 3.05) is 26.4 Å². The van der Waals surface area contributed by atoms with Gasteiger partial charge in [0.25, 0.3) is 0 Å². The molecule has 0 atom stereocenters. The predicted molar refractivity (Wildman–Crippen MR) is 318 cm³/mol. The summed E-state index contributed by atoms with van der Waals surface area (Å²) in [4.78, 5) is 53.9. The summed E-state index contributed by atoms with van der Waals surface area (Å²) in [5.41, 5.74) is -1.66. The summed E-state index contributed by atoms with van der Waals surface area (Å²) < 4.78 is 23.3. The van der Waals surface area contributed by atoms with E-state index in [9.17, 15) is 19.2 Å². The van der Waals surface area contributed by atoms with E-state index in [1.165, 1.54) is 141 Å². The summed E-state index contributed by atoms with van der Waals surface area (Å²) >= 11 is 0. The van der Waals surface area contributed by atoms with Gasteiger partial charge in [-0.25, -0.2) is 0 Å². The first-order chi connectivity index (χ1) is 36.8. The lowest BCUT2D eigenvalue weighted by Crippen LogP contribution is -2.47. The standard InChI is InChI=1S/C67H122O8/c1-5-9-13-17-21-24-27-30-33-36-39-42-45-48-52-56-63(68)73-60-67(66(71)72-59-55-51-20-16-12-8-4,61-74-64(69)57-53-49-46-43-40-37-34-31-28-25-22-18-14-10-6-2)62-75-65(70)58-54-50-47-44-41-38-35-32-29-26-23-19-15-11-7-3/h30-35H,5-29,36-62H2,1-4H3/b33-30-,34-31-,35-32-. The van der Waals surface area contributed by atoms with Crippen molar-refractivity contribution in [1.29, 1.82) is 0 Å². The molecule has 0 saturated heterocycles. The van der Waals surface area contributed by atoms with E-state index in [4.69, 9.17) is 18.9 Å². The molecule has 438 valence electrons. The van der Waals surface area contributed by atoms with Crippen molar-refractivity contribution in [3.8, 4) is 0 Å². The number of allylic oxidation sites excluding steroid dienone is 6. The lowest BCUT2D eigenvalue weighted by Gasteiger charge is -2.30. The largest absolute Gasteiger partial charge is 0.465 e. The summed E-state index contributed by atoms with van der Waals surface area (Å²) in [6, 6.07) is 0. The van der Waals surface area contributed by atoms with Crippen LogP contribution in [0.1, 0.15) is 336 Å². The SMILES string of the molecule is CCCCCCCC/C=C\CCCCCCCC(=O)OCC(COC(=O)CCCCCCC/C=C\CCCCCCCC)(COC(=O)CCCCCCC/C=C\CCCCCCCC)C(=O)OCCCCCCCC. The number of hydrogen-bond acceptors (Lipinski definition) is 8. The van der Waals surface area contributed by atoms with Gasteiger partial charge in [0.15, 0.2) is 5.41 Å². The smallest absolute Gasteiger partial charge is 0.322 e. The highest BCUT2D eigenvalue weighted by Gasteiger charge is 2.45. The van der Waals surface area contributed by atoms with Gasteiger partial charge in [-0.1, -0.05) is 250 Å². The molecule has 0 unspecified atom stereocenters. The number of carbonyl (C=O) groups is 4. The molecule has 0 aliphatic rings. The molecular formula is C67H122O8. The maximum absolute atomic E-state index is 14.2. The molecular weight excluding hydrogens is 933 g/mol. The zero-order valence-corrected chi connectivity index (χ0v) is 50.0. The van der Waals surface area contributed by atoms with Crippen LogP contribution in [0.15, 0.2) is 36.5 Å². The van der Waals surface area contributed by atoms with Gasteiger partial charge in [-0.2, -0.15) is 0 Å². The Balaban J connectivity index is 5.34. The van der Waals surface area contributed by atoms with Gasteiger partial charge in [0, 0.05) is 19.3 Å². The minimum atomic E-state index is -1.66. The number of unbranched alkanes of at least 4 members (excludes halogenated alkanes) is 38. The van der Waals surface area contributed by atoms with E-state index in [0.29, 0.717) is 25.7 Å².